The number of likely N-dealkylation sites (tertiary alicyclic amines) is 1. The van der Waals surface area contributed by atoms with Crippen LogP contribution in [0.1, 0.15) is 56.2 Å². The Morgan fingerprint density at radius 3 is 2.41 bits per heavy atom. The van der Waals surface area contributed by atoms with Crippen molar-refractivity contribution in [1.82, 2.24) is 9.62 Å². The largest absolute Gasteiger partial charge is 0.481 e. The van der Waals surface area contributed by atoms with Gasteiger partial charge in [0.1, 0.15) is 4.21 Å². The zero-order valence-corrected chi connectivity index (χ0v) is 26.2. The molecule has 2 aliphatic rings. The Kier molecular flexibility index (Phi) is 8.51. The average molecular weight is 656 g/mol. The smallest absolute Gasteiger partial charge is 0.304 e. The van der Waals surface area contributed by atoms with Crippen molar-refractivity contribution in [2.45, 2.75) is 61.4 Å². The van der Waals surface area contributed by atoms with E-state index in [1.807, 2.05) is 37.3 Å². The summed E-state index contributed by atoms with van der Waals surface area (Å²) in [6.07, 6.45) is 0.502. The van der Waals surface area contributed by atoms with Gasteiger partial charge in [-0.05, 0) is 73.2 Å². The van der Waals surface area contributed by atoms with Crippen LogP contribution in [0.4, 0.5) is 0 Å². The molecule has 2 heterocycles. The van der Waals surface area contributed by atoms with Gasteiger partial charge in [0.25, 0.3) is 0 Å². The third kappa shape index (κ3) is 6.31. The predicted molar refractivity (Wildman–Crippen MR) is 161 cm³/mol. The Bertz CT molecular complexity index is 1580. The van der Waals surface area contributed by atoms with Crippen molar-refractivity contribution in [2.75, 3.05) is 0 Å². The summed E-state index contributed by atoms with van der Waals surface area (Å²) in [6, 6.07) is 16.5. The number of nitrogens with one attached hydrogen (secondary N) is 1. The lowest BCUT2D eigenvalue weighted by molar-refractivity contribution is -0.160. The second kappa shape index (κ2) is 11.5. The maximum Gasteiger partial charge on any atom is 0.304 e. The third-order valence-corrected chi connectivity index (χ3v) is 11.8. The molecule has 0 radical (unpaired) electrons. The summed E-state index contributed by atoms with van der Waals surface area (Å²) >= 11 is 19.5. The van der Waals surface area contributed by atoms with E-state index in [0.29, 0.717) is 27.2 Å². The Morgan fingerprint density at radius 2 is 1.80 bits per heavy atom. The van der Waals surface area contributed by atoms with Gasteiger partial charge in [0, 0.05) is 28.0 Å². The maximum absolute atomic E-state index is 14.3. The van der Waals surface area contributed by atoms with Gasteiger partial charge in [-0.3, -0.25) is 9.59 Å². The van der Waals surface area contributed by atoms with Crippen LogP contribution < -0.4 is 4.72 Å². The zero-order valence-electron chi connectivity index (χ0n) is 22.3. The highest BCUT2D eigenvalue weighted by Crippen LogP contribution is 2.54. The average Bonchev–Trinajstić information content (AvgIpc) is 3.50. The first kappa shape index (κ1) is 30.3. The van der Waals surface area contributed by atoms with E-state index in [0.717, 1.165) is 22.5 Å². The van der Waals surface area contributed by atoms with Crippen molar-refractivity contribution in [1.29, 1.82) is 0 Å². The lowest BCUT2D eigenvalue weighted by Gasteiger charge is -2.51. The second-order valence-corrected chi connectivity index (χ2v) is 15.7. The Balaban J connectivity index is 1.54. The van der Waals surface area contributed by atoms with Gasteiger partial charge in [-0.25, -0.2) is 13.1 Å². The van der Waals surface area contributed by atoms with Gasteiger partial charge in [-0.2, -0.15) is 0 Å². The van der Waals surface area contributed by atoms with Crippen molar-refractivity contribution in [3.63, 3.8) is 0 Å². The van der Waals surface area contributed by atoms with Crippen LogP contribution in [0.5, 0.6) is 0 Å². The molecule has 1 aliphatic heterocycles. The number of hydrogen-bond acceptors (Lipinski definition) is 5. The minimum Gasteiger partial charge on any atom is -0.481 e. The monoisotopic (exact) mass is 654 g/mol. The van der Waals surface area contributed by atoms with E-state index in [-0.39, 0.29) is 34.4 Å². The SMILES string of the molecule is CC(C1CC1NS(=O)(=O)c1ccc(Cl)s1)N1C(=O)C(C)(CC(=O)O)CC(c2cccc(Cl)c2)C1c1ccc(Cl)cc1. The molecule has 1 saturated carbocycles. The summed E-state index contributed by atoms with van der Waals surface area (Å²) < 4.78 is 29.2. The molecule has 1 saturated heterocycles. The number of nitrogens with zero attached hydrogens (tertiary/aromatic N) is 1. The van der Waals surface area contributed by atoms with Gasteiger partial charge >= 0.3 is 5.97 Å². The molecule has 0 bridgehead atoms. The standard InChI is InChI=1S/C29H29Cl3N2O5S2/c1-16(21-13-23(21)33-41(38,39)26-11-10-24(32)40-26)34-27(17-6-8-19(30)9-7-17)22(18-4-3-5-20(31)12-18)14-29(2,28(34)37)15-25(35)36/h3-12,16,21-23,27,33H,13-15H2,1-2H3,(H,35,36). The topological polar surface area (TPSA) is 104 Å². The summed E-state index contributed by atoms with van der Waals surface area (Å²) in [7, 11) is -3.78. The van der Waals surface area contributed by atoms with E-state index in [1.165, 1.54) is 12.1 Å². The number of carboxylic acids is 1. The summed E-state index contributed by atoms with van der Waals surface area (Å²) in [5, 5.41) is 10.9. The fraction of sp³-hybridized carbons (Fsp3) is 0.379. The number of sulfonamides is 1. The van der Waals surface area contributed by atoms with E-state index < -0.39 is 33.5 Å². The van der Waals surface area contributed by atoms with Crippen LogP contribution in [-0.4, -0.2) is 42.4 Å². The predicted octanol–water partition coefficient (Wildman–Crippen LogP) is 7.00. The van der Waals surface area contributed by atoms with Crippen molar-refractivity contribution in [3.05, 3.63) is 86.2 Å². The number of piperidine rings is 1. The molecule has 1 amide bonds. The highest BCUT2D eigenvalue weighted by molar-refractivity contribution is 7.91. The van der Waals surface area contributed by atoms with Gasteiger partial charge in [-0.15, -0.1) is 11.3 Å². The highest BCUT2D eigenvalue weighted by Gasteiger charge is 2.56. The molecule has 1 aliphatic carbocycles. The molecule has 0 spiro atoms. The van der Waals surface area contributed by atoms with Crippen LogP contribution in [0.3, 0.4) is 0 Å². The van der Waals surface area contributed by atoms with Gasteiger partial charge in [0.2, 0.25) is 15.9 Å². The van der Waals surface area contributed by atoms with Crippen molar-refractivity contribution in [2.24, 2.45) is 11.3 Å². The number of thiophene rings is 1. The molecule has 2 aromatic carbocycles. The number of halogens is 3. The molecular weight excluding hydrogens is 627 g/mol. The molecule has 218 valence electrons. The van der Waals surface area contributed by atoms with E-state index in [4.69, 9.17) is 34.8 Å². The van der Waals surface area contributed by atoms with E-state index >= 15 is 0 Å². The minimum absolute atomic E-state index is 0.129. The number of rotatable bonds is 9. The molecular formula is C29H29Cl3N2O5S2. The second-order valence-electron chi connectivity index (χ2n) is 11.1. The van der Waals surface area contributed by atoms with Crippen molar-refractivity contribution >= 4 is 68.0 Å². The fourth-order valence-corrected chi connectivity index (χ4v) is 9.24. The van der Waals surface area contributed by atoms with Crippen LogP contribution in [0.15, 0.2) is 64.9 Å². The highest BCUT2D eigenvalue weighted by atomic mass is 35.5. The molecule has 1 aromatic heterocycles. The van der Waals surface area contributed by atoms with E-state index in [2.05, 4.69) is 4.72 Å². The van der Waals surface area contributed by atoms with E-state index in [9.17, 15) is 23.1 Å². The molecule has 6 unspecified atom stereocenters. The van der Waals surface area contributed by atoms with Gasteiger partial charge < -0.3 is 10.0 Å². The number of hydrogen-bond donors (Lipinski definition) is 2. The Morgan fingerprint density at radius 1 is 1.10 bits per heavy atom. The Hall–Kier alpha value is -2.14. The minimum atomic E-state index is -3.78. The zero-order chi connectivity index (χ0) is 29.7. The van der Waals surface area contributed by atoms with Crippen molar-refractivity contribution in [3.8, 4) is 0 Å². The molecule has 5 rings (SSSR count). The summed E-state index contributed by atoms with van der Waals surface area (Å²) in [5.74, 6) is -1.79. The molecule has 41 heavy (non-hydrogen) atoms. The van der Waals surface area contributed by atoms with Crippen molar-refractivity contribution < 1.29 is 23.1 Å². The molecule has 2 N–H and O–H groups in total. The molecule has 3 aromatic rings. The number of amides is 1. The first-order chi connectivity index (χ1) is 19.3. The van der Waals surface area contributed by atoms with Gasteiger partial charge in [0.05, 0.1) is 22.2 Å². The number of carbonyl (C=O) groups is 2. The quantitative estimate of drug-likeness (QED) is 0.258. The summed E-state index contributed by atoms with van der Waals surface area (Å²) in [5.41, 5.74) is 0.553. The lowest BCUT2D eigenvalue weighted by Crippen LogP contribution is -2.56. The maximum atomic E-state index is 14.3. The molecule has 7 nitrogen and oxygen atoms in total. The van der Waals surface area contributed by atoms with Gasteiger partial charge in [0.15, 0.2) is 0 Å². The number of benzene rings is 2. The third-order valence-electron chi connectivity index (χ3n) is 8.15. The molecule has 2 fully saturated rings. The van der Waals surface area contributed by atoms with Crippen LogP contribution in [-0.2, 0) is 19.6 Å². The molecule has 12 heteroatoms. The molecule has 6 atom stereocenters. The number of carboxylic acid groups (broad SMARTS) is 1. The fourth-order valence-electron chi connectivity index (χ4n) is 6.12. The lowest BCUT2D eigenvalue weighted by atomic mass is 9.67. The number of aliphatic carboxylic acids is 1. The summed E-state index contributed by atoms with van der Waals surface area (Å²) in [4.78, 5) is 28.1. The first-order valence-corrected chi connectivity index (χ1v) is 16.6. The van der Waals surface area contributed by atoms with Crippen LogP contribution >= 0.6 is 46.1 Å². The van der Waals surface area contributed by atoms with E-state index in [1.54, 1.807) is 30.0 Å². The van der Waals surface area contributed by atoms with Gasteiger partial charge in [-0.1, -0.05) is 66.0 Å². The van der Waals surface area contributed by atoms with Crippen LogP contribution in [0.25, 0.3) is 0 Å². The number of carbonyl (C=O) groups excluding carboxylic acids is 1. The summed E-state index contributed by atoms with van der Waals surface area (Å²) in [6.45, 7) is 3.61. The Labute approximate surface area is 258 Å². The van der Waals surface area contributed by atoms with Crippen LogP contribution in [0.2, 0.25) is 14.4 Å². The normalized spacial score (nSPS) is 27.0. The first-order valence-electron chi connectivity index (χ1n) is 13.1. The van der Waals surface area contributed by atoms with Crippen LogP contribution in [0, 0.1) is 11.3 Å².